The molecule has 0 radical (unpaired) electrons. The normalized spacial score (nSPS) is 9.60. The Balaban J connectivity index is 0.000000221. The first-order chi connectivity index (χ1) is 9.59. The number of rotatable bonds is 3. The SMILES string of the molecule is O=C(O)/C=C\C(=O)O.c1ccc(-c2ncccn2)cc1. The molecule has 2 aromatic rings. The van der Waals surface area contributed by atoms with E-state index in [9.17, 15) is 9.59 Å². The number of benzene rings is 1. The van der Waals surface area contributed by atoms with Crippen molar-refractivity contribution in [1.82, 2.24) is 9.97 Å². The average molecular weight is 272 g/mol. The third-order valence-electron chi connectivity index (χ3n) is 1.97. The highest BCUT2D eigenvalue weighted by Crippen LogP contribution is 2.11. The van der Waals surface area contributed by atoms with Gasteiger partial charge in [-0.25, -0.2) is 19.6 Å². The molecule has 0 aliphatic heterocycles. The Labute approximate surface area is 115 Å². The molecule has 1 aromatic carbocycles. The number of hydrogen-bond acceptors (Lipinski definition) is 4. The number of aliphatic carboxylic acids is 2. The van der Waals surface area contributed by atoms with Crippen molar-refractivity contribution in [1.29, 1.82) is 0 Å². The minimum absolute atomic E-state index is 0.558. The van der Waals surface area contributed by atoms with Gasteiger partial charge < -0.3 is 10.2 Å². The molecule has 0 spiro atoms. The van der Waals surface area contributed by atoms with Crippen LogP contribution in [0.1, 0.15) is 0 Å². The van der Waals surface area contributed by atoms with E-state index < -0.39 is 11.9 Å². The second-order valence-electron chi connectivity index (χ2n) is 3.45. The highest BCUT2D eigenvalue weighted by molar-refractivity contribution is 5.89. The van der Waals surface area contributed by atoms with Gasteiger partial charge in [0.2, 0.25) is 0 Å². The predicted octanol–water partition coefficient (Wildman–Crippen LogP) is 1.86. The summed E-state index contributed by atoms with van der Waals surface area (Å²) in [7, 11) is 0. The fourth-order valence-corrected chi connectivity index (χ4v) is 1.18. The van der Waals surface area contributed by atoms with E-state index in [0.29, 0.717) is 12.2 Å². The van der Waals surface area contributed by atoms with Gasteiger partial charge in [-0.3, -0.25) is 0 Å². The Hall–Kier alpha value is -3.02. The monoisotopic (exact) mass is 272 g/mol. The van der Waals surface area contributed by atoms with Gasteiger partial charge in [-0.05, 0) is 6.07 Å². The van der Waals surface area contributed by atoms with E-state index in [0.717, 1.165) is 11.4 Å². The number of carboxylic acids is 2. The summed E-state index contributed by atoms with van der Waals surface area (Å²) in [4.78, 5) is 27.4. The van der Waals surface area contributed by atoms with Crippen LogP contribution in [0.15, 0.2) is 60.9 Å². The molecule has 1 heterocycles. The van der Waals surface area contributed by atoms with Crippen molar-refractivity contribution in [3.05, 3.63) is 60.9 Å². The van der Waals surface area contributed by atoms with Gasteiger partial charge in [0.05, 0.1) is 0 Å². The van der Waals surface area contributed by atoms with E-state index >= 15 is 0 Å². The van der Waals surface area contributed by atoms with Crippen molar-refractivity contribution < 1.29 is 19.8 Å². The molecule has 0 unspecified atom stereocenters. The van der Waals surface area contributed by atoms with Crippen LogP contribution >= 0.6 is 0 Å². The quantitative estimate of drug-likeness (QED) is 0.827. The second-order valence-corrected chi connectivity index (χ2v) is 3.45. The van der Waals surface area contributed by atoms with E-state index in [2.05, 4.69) is 9.97 Å². The number of carboxylic acid groups (broad SMARTS) is 2. The first kappa shape index (κ1) is 15.0. The fourth-order valence-electron chi connectivity index (χ4n) is 1.18. The van der Waals surface area contributed by atoms with Gasteiger partial charge in [0, 0.05) is 30.1 Å². The van der Waals surface area contributed by atoms with Crippen LogP contribution in [0, 0.1) is 0 Å². The molecule has 0 aliphatic carbocycles. The number of hydrogen-bond donors (Lipinski definition) is 2. The molecule has 0 aliphatic rings. The zero-order valence-corrected chi connectivity index (χ0v) is 10.4. The zero-order valence-electron chi connectivity index (χ0n) is 10.4. The molecule has 0 amide bonds. The van der Waals surface area contributed by atoms with Crippen LogP contribution in [0.25, 0.3) is 11.4 Å². The highest BCUT2D eigenvalue weighted by Gasteiger charge is 1.95. The summed E-state index contributed by atoms with van der Waals surface area (Å²) in [6.07, 6.45) is 4.61. The Morgan fingerprint density at radius 2 is 1.35 bits per heavy atom. The van der Waals surface area contributed by atoms with Crippen molar-refractivity contribution >= 4 is 11.9 Å². The summed E-state index contributed by atoms with van der Waals surface area (Å²) >= 11 is 0. The summed E-state index contributed by atoms with van der Waals surface area (Å²) in [5.41, 5.74) is 1.05. The van der Waals surface area contributed by atoms with Crippen LogP contribution in [0.5, 0.6) is 0 Å². The molecule has 2 N–H and O–H groups in total. The molecule has 102 valence electrons. The van der Waals surface area contributed by atoms with Gasteiger partial charge in [-0.1, -0.05) is 30.3 Å². The maximum Gasteiger partial charge on any atom is 0.328 e. The Kier molecular flexibility index (Phi) is 6.13. The summed E-state index contributed by atoms with van der Waals surface area (Å²) in [6.45, 7) is 0. The molecule has 6 heteroatoms. The molecule has 6 nitrogen and oxygen atoms in total. The molecular formula is C14H12N2O4. The predicted molar refractivity (Wildman–Crippen MR) is 71.9 cm³/mol. The summed E-state index contributed by atoms with van der Waals surface area (Å²) in [5, 5.41) is 15.6. The Morgan fingerprint density at radius 3 is 1.80 bits per heavy atom. The molecule has 1 aromatic heterocycles. The van der Waals surface area contributed by atoms with Crippen molar-refractivity contribution in [2.45, 2.75) is 0 Å². The Morgan fingerprint density at radius 1 is 0.850 bits per heavy atom. The van der Waals surface area contributed by atoms with Crippen molar-refractivity contribution in [3.63, 3.8) is 0 Å². The summed E-state index contributed by atoms with van der Waals surface area (Å²) in [5.74, 6) is -1.74. The fraction of sp³-hybridized carbons (Fsp3) is 0. The largest absolute Gasteiger partial charge is 0.478 e. The smallest absolute Gasteiger partial charge is 0.328 e. The summed E-state index contributed by atoms with van der Waals surface area (Å²) < 4.78 is 0. The maximum absolute atomic E-state index is 9.55. The number of aromatic nitrogens is 2. The lowest BCUT2D eigenvalue weighted by Crippen LogP contribution is -1.91. The van der Waals surface area contributed by atoms with Gasteiger partial charge in [0.1, 0.15) is 0 Å². The van der Waals surface area contributed by atoms with E-state index in [1.165, 1.54) is 0 Å². The molecule has 2 rings (SSSR count). The van der Waals surface area contributed by atoms with Crippen LogP contribution in [-0.4, -0.2) is 32.1 Å². The van der Waals surface area contributed by atoms with Gasteiger partial charge in [-0.15, -0.1) is 0 Å². The standard InChI is InChI=1S/C10H8N2.C4H4O4/c1-2-5-9(6-3-1)10-11-7-4-8-12-10;5-3(6)1-2-4(7)8/h1-8H;1-2H,(H,5,6)(H,7,8)/b;2-1-. The number of carbonyl (C=O) groups is 2. The second kappa shape index (κ2) is 8.15. The van der Waals surface area contributed by atoms with E-state index in [4.69, 9.17) is 10.2 Å². The molecule has 0 saturated carbocycles. The molecule has 0 bridgehead atoms. The van der Waals surface area contributed by atoms with Gasteiger partial charge in [-0.2, -0.15) is 0 Å². The number of nitrogens with zero attached hydrogens (tertiary/aromatic N) is 2. The average Bonchev–Trinajstić information content (AvgIpc) is 2.48. The third kappa shape index (κ3) is 6.06. The van der Waals surface area contributed by atoms with E-state index in [1.807, 2.05) is 36.4 Å². The van der Waals surface area contributed by atoms with Crippen LogP contribution in [0.2, 0.25) is 0 Å². The highest BCUT2D eigenvalue weighted by atomic mass is 16.4. The lowest BCUT2D eigenvalue weighted by Gasteiger charge is -1.96. The van der Waals surface area contributed by atoms with E-state index in [-0.39, 0.29) is 0 Å². The van der Waals surface area contributed by atoms with Crippen LogP contribution in [0.4, 0.5) is 0 Å². The topological polar surface area (TPSA) is 100 Å². The van der Waals surface area contributed by atoms with Crippen molar-refractivity contribution in [2.75, 3.05) is 0 Å². The molecule has 0 saturated heterocycles. The minimum atomic E-state index is -1.26. The molecular weight excluding hydrogens is 260 g/mol. The van der Waals surface area contributed by atoms with E-state index in [1.54, 1.807) is 12.4 Å². The Bertz CT molecular complexity index is 529. The zero-order chi connectivity index (χ0) is 14.8. The first-order valence-electron chi connectivity index (χ1n) is 5.56. The van der Waals surface area contributed by atoms with Gasteiger partial charge >= 0.3 is 11.9 Å². The lowest BCUT2D eigenvalue weighted by molar-refractivity contribution is -0.134. The minimum Gasteiger partial charge on any atom is -0.478 e. The maximum atomic E-state index is 9.55. The van der Waals surface area contributed by atoms with Crippen LogP contribution in [0.3, 0.4) is 0 Å². The molecule has 20 heavy (non-hydrogen) atoms. The van der Waals surface area contributed by atoms with Crippen LogP contribution < -0.4 is 0 Å². The van der Waals surface area contributed by atoms with Gasteiger partial charge in [0.15, 0.2) is 5.82 Å². The van der Waals surface area contributed by atoms with Gasteiger partial charge in [0.25, 0.3) is 0 Å². The summed E-state index contributed by atoms with van der Waals surface area (Å²) in [6, 6.07) is 11.7. The molecule has 0 fully saturated rings. The molecule has 0 atom stereocenters. The first-order valence-corrected chi connectivity index (χ1v) is 5.56. The van der Waals surface area contributed by atoms with Crippen LogP contribution in [-0.2, 0) is 9.59 Å². The van der Waals surface area contributed by atoms with Crippen molar-refractivity contribution in [3.8, 4) is 11.4 Å². The lowest BCUT2D eigenvalue weighted by atomic mass is 10.2. The van der Waals surface area contributed by atoms with Crippen molar-refractivity contribution in [2.24, 2.45) is 0 Å². The third-order valence-corrected chi connectivity index (χ3v) is 1.97.